The molecule has 0 radical (unpaired) electrons. The SMILES string of the molecule is O=C([C@@H]1N=CO[C@H]1c1ccncc1)n1ccc2ccccc21. The molecule has 0 spiro atoms. The molecule has 0 amide bonds. The average Bonchev–Trinajstić information content (AvgIpc) is 3.22. The van der Waals surface area contributed by atoms with Gasteiger partial charge in [0.05, 0.1) is 5.52 Å². The molecule has 1 aliphatic heterocycles. The lowest BCUT2D eigenvalue weighted by molar-refractivity contribution is 0.0815. The Hall–Kier alpha value is -2.95. The van der Waals surface area contributed by atoms with Crippen LogP contribution in [-0.4, -0.2) is 27.9 Å². The molecule has 3 aromatic rings. The number of nitrogens with zero attached hydrogens (tertiary/aromatic N) is 3. The van der Waals surface area contributed by atoms with Crippen LogP contribution in [0.2, 0.25) is 0 Å². The van der Waals surface area contributed by atoms with E-state index in [4.69, 9.17) is 4.74 Å². The number of aliphatic imine (C=N–C) groups is 1. The van der Waals surface area contributed by atoms with Crippen LogP contribution in [-0.2, 0) is 4.74 Å². The molecular formula is C17H13N3O2. The molecule has 22 heavy (non-hydrogen) atoms. The molecule has 108 valence electrons. The highest BCUT2D eigenvalue weighted by atomic mass is 16.5. The minimum Gasteiger partial charge on any atom is -0.473 e. The van der Waals surface area contributed by atoms with E-state index in [9.17, 15) is 4.79 Å². The number of carbonyl (C=O) groups is 1. The van der Waals surface area contributed by atoms with Gasteiger partial charge in [0.2, 0.25) is 0 Å². The molecule has 0 aliphatic carbocycles. The number of pyridine rings is 1. The summed E-state index contributed by atoms with van der Waals surface area (Å²) in [6.45, 7) is 0. The van der Waals surface area contributed by atoms with E-state index in [-0.39, 0.29) is 5.91 Å². The van der Waals surface area contributed by atoms with Gasteiger partial charge >= 0.3 is 0 Å². The van der Waals surface area contributed by atoms with E-state index in [0.717, 1.165) is 16.5 Å². The fraction of sp³-hybridized carbons (Fsp3) is 0.118. The zero-order valence-corrected chi connectivity index (χ0v) is 11.7. The van der Waals surface area contributed by atoms with E-state index in [1.807, 2.05) is 42.5 Å². The minimum atomic E-state index is -0.585. The van der Waals surface area contributed by atoms with Gasteiger partial charge in [0.15, 0.2) is 18.5 Å². The maximum Gasteiger partial charge on any atom is 0.260 e. The van der Waals surface area contributed by atoms with Crippen molar-refractivity contribution in [3.63, 3.8) is 0 Å². The van der Waals surface area contributed by atoms with Crippen LogP contribution in [0.4, 0.5) is 0 Å². The van der Waals surface area contributed by atoms with Gasteiger partial charge in [-0.05, 0) is 29.8 Å². The number of fused-ring (bicyclic) bond motifs is 1. The third kappa shape index (κ3) is 1.98. The predicted molar refractivity (Wildman–Crippen MR) is 82.9 cm³/mol. The molecule has 0 unspecified atom stereocenters. The summed E-state index contributed by atoms with van der Waals surface area (Å²) in [7, 11) is 0. The average molecular weight is 291 g/mol. The van der Waals surface area contributed by atoms with Gasteiger partial charge in [-0.3, -0.25) is 14.3 Å². The molecule has 5 heteroatoms. The molecule has 0 saturated heterocycles. The lowest BCUT2D eigenvalue weighted by atomic mass is 10.0. The number of benzene rings is 1. The largest absolute Gasteiger partial charge is 0.473 e. The van der Waals surface area contributed by atoms with E-state index in [2.05, 4.69) is 9.98 Å². The number of ether oxygens (including phenoxy) is 1. The number of hydrogen-bond donors (Lipinski definition) is 0. The quantitative estimate of drug-likeness (QED) is 0.729. The second-order valence-corrected chi connectivity index (χ2v) is 5.12. The first-order chi connectivity index (χ1) is 10.8. The number of carbonyl (C=O) groups excluding carboxylic acids is 1. The zero-order valence-electron chi connectivity index (χ0n) is 11.7. The molecule has 2 atom stereocenters. The van der Waals surface area contributed by atoms with Crippen molar-refractivity contribution in [1.29, 1.82) is 0 Å². The Morgan fingerprint density at radius 1 is 1.09 bits per heavy atom. The van der Waals surface area contributed by atoms with Gasteiger partial charge in [-0.25, -0.2) is 4.99 Å². The van der Waals surface area contributed by atoms with Crippen molar-refractivity contribution in [3.05, 3.63) is 66.6 Å². The highest BCUT2D eigenvalue weighted by Crippen LogP contribution is 2.28. The van der Waals surface area contributed by atoms with E-state index in [1.54, 1.807) is 23.2 Å². The van der Waals surface area contributed by atoms with Crippen LogP contribution in [0.5, 0.6) is 0 Å². The minimum absolute atomic E-state index is 0.100. The molecular weight excluding hydrogens is 278 g/mol. The lowest BCUT2D eigenvalue weighted by Crippen LogP contribution is -2.28. The van der Waals surface area contributed by atoms with Crippen LogP contribution in [0.3, 0.4) is 0 Å². The van der Waals surface area contributed by atoms with Crippen LogP contribution < -0.4 is 0 Å². The lowest BCUT2D eigenvalue weighted by Gasteiger charge is -2.17. The van der Waals surface area contributed by atoms with Gasteiger partial charge in [0.1, 0.15) is 0 Å². The molecule has 0 fully saturated rings. The van der Waals surface area contributed by atoms with Crippen molar-refractivity contribution in [2.45, 2.75) is 12.1 Å². The molecule has 0 saturated carbocycles. The number of aromatic nitrogens is 2. The summed E-state index contributed by atoms with van der Waals surface area (Å²) in [6.07, 6.45) is 6.11. The molecule has 5 nitrogen and oxygen atoms in total. The van der Waals surface area contributed by atoms with Crippen LogP contribution >= 0.6 is 0 Å². The molecule has 1 aliphatic rings. The second-order valence-electron chi connectivity index (χ2n) is 5.12. The third-order valence-electron chi connectivity index (χ3n) is 3.84. The molecule has 2 aromatic heterocycles. The van der Waals surface area contributed by atoms with E-state index >= 15 is 0 Å². The third-order valence-corrected chi connectivity index (χ3v) is 3.84. The van der Waals surface area contributed by atoms with Gasteiger partial charge in [0, 0.05) is 24.0 Å². The Balaban J connectivity index is 1.71. The van der Waals surface area contributed by atoms with Gasteiger partial charge < -0.3 is 4.74 Å². The van der Waals surface area contributed by atoms with Crippen LogP contribution in [0.25, 0.3) is 10.9 Å². The smallest absolute Gasteiger partial charge is 0.260 e. The Kier molecular flexibility index (Phi) is 2.96. The normalized spacial score (nSPS) is 20.2. The fourth-order valence-corrected chi connectivity index (χ4v) is 2.74. The summed E-state index contributed by atoms with van der Waals surface area (Å²) >= 11 is 0. The van der Waals surface area contributed by atoms with Gasteiger partial charge in [0.25, 0.3) is 5.91 Å². The van der Waals surface area contributed by atoms with Crippen LogP contribution in [0, 0.1) is 0 Å². The van der Waals surface area contributed by atoms with Gasteiger partial charge in [-0.1, -0.05) is 18.2 Å². The second kappa shape index (κ2) is 5.11. The van der Waals surface area contributed by atoms with E-state index in [1.165, 1.54) is 6.40 Å². The standard InChI is InChI=1S/C17H13N3O2/c21-17(20-10-7-12-3-1-2-4-14(12)20)15-16(22-11-19-15)13-5-8-18-9-6-13/h1-11,15-16H/t15-,16+/m1/s1. The van der Waals surface area contributed by atoms with E-state index in [0.29, 0.717) is 0 Å². The summed E-state index contributed by atoms with van der Waals surface area (Å²) < 4.78 is 7.17. The van der Waals surface area contributed by atoms with Crippen molar-refractivity contribution >= 4 is 23.2 Å². The summed E-state index contributed by atoms with van der Waals surface area (Å²) in [5, 5.41) is 1.03. The van der Waals surface area contributed by atoms with E-state index < -0.39 is 12.1 Å². The Morgan fingerprint density at radius 3 is 2.77 bits per heavy atom. The summed E-state index contributed by atoms with van der Waals surface area (Å²) in [5.74, 6) is -0.100. The number of para-hydroxylation sites is 1. The molecule has 1 aromatic carbocycles. The highest BCUT2D eigenvalue weighted by molar-refractivity contribution is 5.96. The van der Waals surface area contributed by atoms with Crippen molar-refractivity contribution in [2.75, 3.05) is 0 Å². The first-order valence-electron chi connectivity index (χ1n) is 7.02. The number of hydrogen-bond acceptors (Lipinski definition) is 4. The number of rotatable bonds is 2. The molecule has 0 N–H and O–H groups in total. The van der Waals surface area contributed by atoms with Crippen molar-refractivity contribution < 1.29 is 9.53 Å². The molecule has 4 rings (SSSR count). The predicted octanol–water partition coefficient (Wildman–Crippen LogP) is 2.84. The van der Waals surface area contributed by atoms with Crippen LogP contribution in [0.15, 0.2) is 66.0 Å². The Labute approximate surface area is 126 Å². The fourth-order valence-electron chi connectivity index (χ4n) is 2.74. The first-order valence-corrected chi connectivity index (χ1v) is 7.02. The van der Waals surface area contributed by atoms with Crippen molar-refractivity contribution in [2.24, 2.45) is 4.99 Å². The van der Waals surface area contributed by atoms with Gasteiger partial charge in [-0.15, -0.1) is 0 Å². The van der Waals surface area contributed by atoms with Crippen LogP contribution in [0.1, 0.15) is 16.5 Å². The zero-order chi connectivity index (χ0) is 14.9. The maximum absolute atomic E-state index is 12.9. The maximum atomic E-state index is 12.9. The first kappa shape index (κ1) is 12.8. The molecule has 0 bridgehead atoms. The summed E-state index contributed by atoms with van der Waals surface area (Å²) in [5.41, 5.74) is 1.77. The summed E-state index contributed by atoms with van der Waals surface area (Å²) in [4.78, 5) is 21.1. The topological polar surface area (TPSA) is 56.5 Å². The Bertz CT molecular complexity index is 854. The highest BCUT2D eigenvalue weighted by Gasteiger charge is 2.35. The molecule has 3 heterocycles. The Morgan fingerprint density at radius 2 is 1.91 bits per heavy atom. The van der Waals surface area contributed by atoms with Crippen molar-refractivity contribution in [3.8, 4) is 0 Å². The monoisotopic (exact) mass is 291 g/mol. The summed E-state index contributed by atoms with van der Waals surface area (Å²) in [6, 6.07) is 12.8. The van der Waals surface area contributed by atoms with Crippen molar-refractivity contribution in [1.82, 2.24) is 9.55 Å². The van der Waals surface area contributed by atoms with Gasteiger partial charge in [-0.2, -0.15) is 0 Å².